The predicted octanol–water partition coefficient (Wildman–Crippen LogP) is 2.05. The molecule has 1 atom stereocenters. The van der Waals surface area contributed by atoms with Crippen LogP contribution in [0.25, 0.3) is 0 Å². The second-order valence-corrected chi connectivity index (χ2v) is 2.57. The average molecular weight is 181 g/mol. The Bertz CT molecular complexity index is 47.8. The first-order valence-electron chi connectivity index (χ1n) is 2.95. The number of ether oxygens (including phenoxy) is 1. The fraction of sp³-hybridized carbons (Fsp3) is 1.00. The highest BCUT2D eigenvalue weighted by atomic mass is 79.9. The van der Waals surface area contributed by atoms with Gasteiger partial charge in [0.1, 0.15) is 0 Å². The molecule has 0 saturated heterocycles. The van der Waals surface area contributed by atoms with Crippen molar-refractivity contribution in [1.29, 1.82) is 0 Å². The van der Waals surface area contributed by atoms with Gasteiger partial charge in [-0.25, -0.2) is 0 Å². The topological polar surface area (TPSA) is 9.23 Å². The maximum absolute atomic E-state index is 5.16. The molecule has 50 valence electrons. The van der Waals surface area contributed by atoms with Crippen molar-refractivity contribution in [1.82, 2.24) is 0 Å². The molecule has 1 nitrogen and oxygen atoms in total. The fourth-order valence-corrected chi connectivity index (χ4v) is 0.550. The van der Waals surface area contributed by atoms with Crippen LogP contribution < -0.4 is 0 Å². The van der Waals surface area contributed by atoms with Crippen LogP contribution in [0.1, 0.15) is 13.8 Å². The maximum Gasteiger partial charge on any atom is 0.0499 e. The Balaban J connectivity index is 2.86. The SMILES string of the molecule is CCOCC(C)CBr. The third-order valence-corrected chi connectivity index (χ3v) is 1.98. The van der Waals surface area contributed by atoms with Crippen molar-refractivity contribution in [3.63, 3.8) is 0 Å². The fourth-order valence-electron chi connectivity index (χ4n) is 0.364. The van der Waals surface area contributed by atoms with Crippen molar-refractivity contribution in [3.8, 4) is 0 Å². The zero-order valence-electron chi connectivity index (χ0n) is 5.48. The third-order valence-electron chi connectivity index (χ3n) is 0.870. The van der Waals surface area contributed by atoms with Gasteiger partial charge in [0.25, 0.3) is 0 Å². The zero-order chi connectivity index (χ0) is 6.41. The minimum atomic E-state index is 0.648. The zero-order valence-corrected chi connectivity index (χ0v) is 7.07. The Morgan fingerprint density at radius 3 is 2.62 bits per heavy atom. The second-order valence-electron chi connectivity index (χ2n) is 1.92. The third kappa shape index (κ3) is 4.60. The van der Waals surface area contributed by atoms with Gasteiger partial charge in [0.15, 0.2) is 0 Å². The van der Waals surface area contributed by atoms with E-state index in [1.165, 1.54) is 0 Å². The van der Waals surface area contributed by atoms with Gasteiger partial charge >= 0.3 is 0 Å². The summed E-state index contributed by atoms with van der Waals surface area (Å²) in [5, 5.41) is 1.03. The summed E-state index contributed by atoms with van der Waals surface area (Å²) in [5.41, 5.74) is 0. The smallest absolute Gasteiger partial charge is 0.0499 e. The van der Waals surface area contributed by atoms with Gasteiger partial charge in [-0.15, -0.1) is 0 Å². The molecule has 0 amide bonds. The highest BCUT2D eigenvalue weighted by molar-refractivity contribution is 9.09. The first kappa shape index (κ1) is 8.44. The highest BCUT2D eigenvalue weighted by Crippen LogP contribution is 1.99. The van der Waals surface area contributed by atoms with Crippen LogP contribution in [-0.4, -0.2) is 18.5 Å². The van der Waals surface area contributed by atoms with Crippen molar-refractivity contribution < 1.29 is 4.74 Å². The molecule has 0 aromatic heterocycles. The normalized spacial score (nSPS) is 13.9. The molecule has 0 radical (unpaired) electrons. The second kappa shape index (κ2) is 5.57. The molecule has 0 aliphatic heterocycles. The van der Waals surface area contributed by atoms with Gasteiger partial charge in [-0.2, -0.15) is 0 Å². The van der Waals surface area contributed by atoms with E-state index in [-0.39, 0.29) is 0 Å². The van der Waals surface area contributed by atoms with Crippen molar-refractivity contribution >= 4 is 15.9 Å². The van der Waals surface area contributed by atoms with Gasteiger partial charge in [0.2, 0.25) is 0 Å². The van der Waals surface area contributed by atoms with Crippen LogP contribution >= 0.6 is 15.9 Å². The largest absolute Gasteiger partial charge is 0.381 e. The predicted molar refractivity (Wildman–Crippen MR) is 39.5 cm³/mol. The van der Waals surface area contributed by atoms with Crippen LogP contribution in [0.3, 0.4) is 0 Å². The summed E-state index contributed by atoms with van der Waals surface area (Å²) in [6, 6.07) is 0. The van der Waals surface area contributed by atoms with Crippen LogP contribution in [0.5, 0.6) is 0 Å². The van der Waals surface area contributed by atoms with Gasteiger partial charge in [-0.05, 0) is 12.8 Å². The van der Waals surface area contributed by atoms with Gasteiger partial charge in [0.05, 0.1) is 0 Å². The van der Waals surface area contributed by atoms with E-state index in [0.29, 0.717) is 5.92 Å². The van der Waals surface area contributed by atoms with E-state index < -0.39 is 0 Å². The van der Waals surface area contributed by atoms with Crippen LogP contribution in [0.15, 0.2) is 0 Å². The Morgan fingerprint density at radius 2 is 2.25 bits per heavy atom. The number of hydrogen-bond donors (Lipinski definition) is 0. The molecule has 0 fully saturated rings. The summed E-state index contributed by atoms with van der Waals surface area (Å²) in [6.07, 6.45) is 0. The lowest BCUT2D eigenvalue weighted by atomic mass is 10.2. The van der Waals surface area contributed by atoms with Crippen molar-refractivity contribution in [2.45, 2.75) is 13.8 Å². The molecule has 0 N–H and O–H groups in total. The lowest BCUT2D eigenvalue weighted by Crippen LogP contribution is -2.05. The summed E-state index contributed by atoms with van der Waals surface area (Å²) in [7, 11) is 0. The molecule has 0 aromatic carbocycles. The van der Waals surface area contributed by atoms with E-state index in [2.05, 4.69) is 22.9 Å². The lowest BCUT2D eigenvalue weighted by molar-refractivity contribution is 0.123. The molecule has 1 unspecified atom stereocenters. The molecule has 0 spiro atoms. The number of alkyl halides is 1. The van der Waals surface area contributed by atoms with Crippen molar-refractivity contribution in [2.75, 3.05) is 18.5 Å². The summed E-state index contributed by atoms with van der Waals surface area (Å²) in [6.45, 7) is 5.88. The Morgan fingerprint density at radius 1 is 1.62 bits per heavy atom. The minimum absolute atomic E-state index is 0.648. The Kier molecular flexibility index (Phi) is 5.88. The van der Waals surface area contributed by atoms with E-state index in [0.717, 1.165) is 18.5 Å². The molecule has 8 heavy (non-hydrogen) atoms. The van der Waals surface area contributed by atoms with Gasteiger partial charge in [0, 0.05) is 18.5 Å². The van der Waals surface area contributed by atoms with Gasteiger partial charge in [-0.1, -0.05) is 22.9 Å². The highest BCUT2D eigenvalue weighted by Gasteiger charge is 1.96. The molecular weight excluding hydrogens is 168 g/mol. The number of rotatable bonds is 4. The molecule has 0 bridgehead atoms. The van der Waals surface area contributed by atoms with Crippen LogP contribution in [0.4, 0.5) is 0 Å². The number of hydrogen-bond acceptors (Lipinski definition) is 1. The maximum atomic E-state index is 5.16. The van der Waals surface area contributed by atoms with Gasteiger partial charge in [-0.3, -0.25) is 0 Å². The summed E-state index contributed by atoms with van der Waals surface area (Å²) in [5.74, 6) is 0.648. The molecule has 0 aromatic rings. The quantitative estimate of drug-likeness (QED) is 0.603. The minimum Gasteiger partial charge on any atom is -0.381 e. The first-order valence-corrected chi connectivity index (χ1v) is 4.07. The van der Waals surface area contributed by atoms with Gasteiger partial charge < -0.3 is 4.74 Å². The van der Waals surface area contributed by atoms with Crippen molar-refractivity contribution in [3.05, 3.63) is 0 Å². The lowest BCUT2D eigenvalue weighted by Gasteiger charge is -2.05. The first-order chi connectivity index (χ1) is 3.81. The molecule has 0 heterocycles. The van der Waals surface area contributed by atoms with Crippen molar-refractivity contribution in [2.24, 2.45) is 5.92 Å². The average Bonchev–Trinajstić information content (AvgIpc) is 1.83. The van der Waals surface area contributed by atoms with E-state index in [4.69, 9.17) is 4.74 Å². The van der Waals surface area contributed by atoms with Crippen LogP contribution in [-0.2, 0) is 4.74 Å². The summed E-state index contributed by atoms with van der Waals surface area (Å²) in [4.78, 5) is 0. The monoisotopic (exact) mass is 180 g/mol. The Hall–Kier alpha value is 0.440. The van der Waals surface area contributed by atoms with E-state index in [9.17, 15) is 0 Å². The molecule has 0 aliphatic rings. The molecular formula is C6H13BrO. The Labute approximate surface area is 59.5 Å². The van der Waals surface area contributed by atoms with Crippen LogP contribution in [0.2, 0.25) is 0 Å². The van der Waals surface area contributed by atoms with E-state index in [1.54, 1.807) is 0 Å². The van der Waals surface area contributed by atoms with E-state index >= 15 is 0 Å². The summed E-state index contributed by atoms with van der Waals surface area (Å²) < 4.78 is 5.16. The summed E-state index contributed by atoms with van der Waals surface area (Å²) >= 11 is 3.36. The standard InChI is InChI=1S/C6H13BrO/c1-3-8-5-6(2)4-7/h6H,3-5H2,1-2H3. The molecule has 2 heteroatoms. The van der Waals surface area contributed by atoms with Crippen LogP contribution in [0, 0.1) is 5.92 Å². The molecule has 0 aliphatic carbocycles. The molecule has 0 rings (SSSR count). The number of halogens is 1. The molecule has 0 saturated carbocycles. The van der Waals surface area contributed by atoms with E-state index in [1.807, 2.05) is 6.92 Å².